The maximum Gasteiger partial charge on any atom is 0.442 e. The Labute approximate surface area is 298 Å². The lowest BCUT2D eigenvalue weighted by atomic mass is 10.1. The standard InChI is InChI=1S/C34H27ClF4N4O5S.ClH/c35-25-15-24-27(17-43(28(24)16-26(25)36)31(44)30(40)32(45)48-18-20-7-3-1-4-8-20)42-33(46)41-22-11-13-23(14-12-22)47-19-29(49-34(37,38)39)21-9-5-2-6-10-21;/h1-17,29-30H,18-19,40H2,(H2,41,42,46);1H. The van der Waals surface area contributed by atoms with Gasteiger partial charge in [-0.2, -0.15) is 13.2 Å². The first kappa shape index (κ1) is 38.0. The third-order valence-corrected chi connectivity index (χ3v) is 8.29. The number of hydrogen-bond donors (Lipinski definition) is 3. The molecule has 0 bridgehead atoms. The number of hydrogen-bond acceptors (Lipinski definition) is 7. The van der Waals surface area contributed by atoms with Crippen molar-refractivity contribution in [2.75, 3.05) is 17.2 Å². The predicted molar refractivity (Wildman–Crippen MR) is 186 cm³/mol. The highest BCUT2D eigenvalue weighted by molar-refractivity contribution is 8.00. The Kier molecular flexibility index (Phi) is 12.8. The lowest BCUT2D eigenvalue weighted by Gasteiger charge is -2.19. The number of nitrogens with one attached hydrogen (secondary N) is 2. The maximum atomic E-state index is 14.5. The molecular weight excluding hydrogens is 723 g/mol. The molecule has 1 aromatic heterocycles. The SMILES string of the molecule is Cl.NC(C(=O)OCc1ccccc1)C(=O)n1cc(NC(=O)Nc2ccc(OCC(SC(F)(F)F)c3ccccc3)cc2)c2cc(Cl)c(F)cc21. The van der Waals surface area contributed by atoms with Crippen molar-refractivity contribution in [1.82, 2.24) is 4.57 Å². The van der Waals surface area contributed by atoms with Gasteiger partial charge in [0.25, 0.3) is 5.91 Å². The number of esters is 1. The Morgan fingerprint density at radius 1 is 0.920 bits per heavy atom. The lowest BCUT2D eigenvalue weighted by Crippen LogP contribution is -2.42. The van der Waals surface area contributed by atoms with E-state index in [9.17, 15) is 31.9 Å². The minimum atomic E-state index is -4.47. The molecule has 4 aromatic carbocycles. The molecule has 16 heteroatoms. The zero-order valence-electron chi connectivity index (χ0n) is 25.7. The zero-order chi connectivity index (χ0) is 35.1. The van der Waals surface area contributed by atoms with Crippen molar-refractivity contribution in [3.63, 3.8) is 0 Å². The van der Waals surface area contributed by atoms with E-state index in [1.807, 2.05) is 0 Å². The topological polar surface area (TPSA) is 125 Å². The molecule has 4 N–H and O–H groups in total. The highest BCUT2D eigenvalue weighted by Gasteiger charge is 2.34. The van der Waals surface area contributed by atoms with Crippen molar-refractivity contribution in [3.05, 3.63) is 125 Å². The summed E-state index contributed by atoms with van der Waals surface area (Å²) >= 11 is 5.81. The quantitative estimate of drug-likeness (QED) is 0.0702. The first-order valence-electron chi connectivity index (χ1n) is 14.5. The molecule has 50 heavy (non-hydrogen) atoms. The van der Waals surface area contributed by atoms with Gasteiger partial charge in [-0.05, 0) is 53.2 Å². The molecule has 5 aromatic rings. The molecule has 2 amide bonds. The van der Waals surface area contributed by atoms with E-state index in [0.29, 0.717) is 16.8 Å². The lowest BCUT2D eigenvalue weighted by molar-refractivity contribution is -0.145. The van der Waals surface area contributed by atoms with Crippen LogP contribution in [0, 0.1) is 5.82 Å². The molecule has 0 aliphatic rings. The molecule has 5 rings (SSSR count). The van der Waals surface area contributed by atoms with Crippen molar-refractivity contribution in [2.45, 2.75) is 23.4 Å². The number of benzene rings is 4. The van der Waals surface area contributed by atoms with Gasteiger partial charge in [-0.1, -0.05) is 72.3 Å². The van der Waals surface area contributed by atoms with Crippen molar-refractivity contribution < 1.29 is 41.4 Å². The highest BCUT2D eigenvalue weighted by atomic mass is 35.5. The number of nitrogens with zero attached hydrogens (tertiary/aromatic N) is 1. The summed E-state index contributed by atoms with van der Waals surface area (Å²) in [6.45, 7) is -0.384. The summed E-state index contributed by atoms with van der Waals surface area (Å²) in [6, 6.07) is 22.4. The van der Waals surface area contributed by atoms with Crippen molar-refractivity contribution in [1.29, 1.82) is 0 Å². The number of alkyl halides is 3. The summed E-state index contributed by atoms with van der Waals surface area (Å²) in [5, 5.41) is 4.03. The van der Waals surface area contributed by atoms with Gasteiger partial charge in [0.05, 0.1) is 21.5 Å². The first-order valence-corrected chi connectivity index (χ1v) is 15.7. The summed E-state index contributed by atoms with van der Waals surface area (Å²) < 4.78 is 65.7. The van der Waals surface area contributed by atoms with Crippen LogP contribution in [0.4, 0.5) is 33.7 Å². The van der Waals surface area contributed by atoms with E-state index in [-0.39, 0.29) is 64.7 Å². The normalized spacial score (nSPS) is 12.4. The Morgan fingerprint density at radius 2 is 1.56 bits per heavy atom. The number of rotatable bonds is 11. The van der Waals surface area contributed by atoms with E-state index >= 15 is 0 Å². The van der Waals surface area contributed by atoms with Crippen molar-refractivity contribution >= 4 is 76.0 Å². The fourth-order valence-electron chi connectivity index (χ4n) is 4.69. The minimum absolute atomic E-state index is 0. The molecule has 0 aliphatic carbocycles. The van der Waals surface area contributed by atoms with Crippen LogP contribution in [0.5, 0.6) is 5.75 Å². The largest absolute Gasteiger partial charge is 0.492 e. The van der Waals surface area contributed by atoms with Crippen molar-refractivity contribution in [3.8, 4) is 5.75 Å². The molecular formula is C34H28Cl2F4N4O5S. The third-order valence-electron chi connectivity index (χ3n) is 7.04. The number of anilines is 2. The molecule has 2 atom stereocenters. The Balaban J connectivity index is 0.00000562. The molecule has 0 fully saturated rings. The number of halogens is 6. The molecule has 2 unspecified atom stereocenters. The summed E-state index contributed by atoms with van der Waals surface area (Å²) in [4.78, 5) is 38.8. The molecule has 0 aliphatic heterocycles. The number of amides is 2. The summed E-state index contributed by atoms with van der Waals surface area (Å²) in [6.07, 6.45) is 1.17. The van der Waals surface area contributed by atoms with Gasteiger partial charge in [0, 0.05) is 23.3 Å². The summed E-state index contributed by atoms with van der Waals surface area (Å²) in [7, 11) is 0. The van der Waals surface area contributed by atoms with Gasteiger partial charge in [-0.15, -0.1) is 12.4 Å². The van der Waals surface area contributed by atoms with E-state index in [0.717, 1.165) is 10.6 Å². The van der Waals surface area contributed by atoms with Crippen molar-refractivity contribution in [2.24, 2.45) is 5.73 Å². The monoisotopic (exact) mass is 750 g/mol. The van der Waals surface area contributed by atoms with E-state index in [1.165, 1.54) is 36.5 Å². The second kappa shape index (κ2) is 16.8. The minimum Gasteiger partial charge on any atom is -0.492 e. The van der Waals surface area contributed by atoms with Crippen LogP contribution < -0.4 is 21.1 Å². The second-order valence-electron chi connectivity index (χ2n) is 10.5. The highest BCUT2D eigenvalue weighted by Crippen LogP contribution is 2.42. The smallest absolute Gasteiger partial charge is 0.442 e. The number of carbonyl (C=O) groups is 3. The molecule has 262 valence electrons. The number of nitrogens with two attached hydrogens (primary N) is 1. The van der Waals surface area contributed by atoms with Gasteiger partial charge in [-0.25, -0.2) is 14.0 Å². The van der Waals surface area contributed by atoms with E-state index < -0.39 is 40.5 Å². The van der Waals surface area contributed by atoms with Crippen LogP contribution in [-0.2, 0) is 16.1 Å². The van der Waals surface area contributed by atoms with Gasteiger partial charge in [0.1, 0.15) is 24.8 Å². The van der Waals surface area contributed by atoms with E-state index in [2.05, 4.69) is 10.6 Å². The maximum absolute atomic E-state index is 14.5. The van der Waals surface area contributed by atoms with E-state index in [4.69, 9.17) is 26.8 Å². The molecule has 9 nitrogen and oxygen atoms in total. The molecule has 0 saturated heterocycles. The summed E-state index contributed by atoms with van der Waals surface area (Å²) in [5.41, 5.74) is 2.89. The van der Waals surface area contributed by atoms with Crippen LogP contribution in [0.3, 0.4) is 0 Å². The predicted octanol–water partition coefficient (Wildman–Crippen LogP) is 8.58. The molecule has 1 heterocycles. The zero-order valence-corrected chi connectivity index (χ0v) is 28.0. The molecule has 0 saturated carbocycles. The van der Waals surface area contributed by atoms with Gasteiger partial charge in [0.2, 0.25) is 0 Å². The van der Waals surface area contributed by atoms with Crippen LogP contribution in [-0.4, -0.2) is 40.6 Å². The van der Waals surface area contributed by atoms with Gasteiger partial charge < -0.3 is 25.8 Å². The Hall–Kier alpha value is -4.76. The Bertz CT molecular complexity index is 1950. The Morgan fingerprint density at radius 3 is 2.20 bits per heavy atom. The fourth-order valence-corrected chi connectivity index (χ4v) is 5.60. The number of thioether (sulfide) groups is 1. The van der Waals surface area contributed by atoms with Gasteiger partial charge >= 0.3 is 17.5 Å². The van der Waals surface area contributed by atoms with Crippen LogP contribution in [0.25, 0.3) is 10.9 Å². The van der Waals surface area contributed by atoms with E-state index in [1.54, 1.807) is 60.7 Å². The fraction of sp³-hybridized carbons (Fsp3) is 0.147. The molecule has 0 spiro atoms. The number of aromatic nitrogens is 1. The average molecular weight is 752 g/mol. The number of ether oxygens (including phenoxy) is 2. The van der Waals surface area contributed by atoms with Crippen LogP contribution in [0.1, 0.15) is 21.2 Å². The number of carbonyl (C=O) groups excluding carboxylic acids is 3. The van der Waals surface area contributed by atoms with Crippen LogP contribution in [0.2, 0.25) is 5.02 Å². The van der Waals surface area contributed by atoms with Crippen LogP contribution in [0.15, 0.2) is 103 Å². The van der Waals surface area contributed by atoms with Crippen LogP contribution >= 0.6 is 35.8 Å². The first-order chi connectivity index (χ1) is 23.4. The molecule has 0 radical (unpaired) electrons. The van der Waals surface area contributed by atoms with Gasteiger partial charge in [-0.3, -0.25) is 9.36 Å². The second-order valence-corrected chi connectivity index (χ2v) is 12.2. The third kappa shape index (κ3) is 9.91. The average Bonchev–Trinajstić information content (AvgIpc) is 3.42. The number of fused-ring (bicyclic) bond motifs is 1. The number of urea groups is 1. The summed E-state index contributed by atoms with van der Waals surface area (Å²) in [5.74, 6) is -2.55. The van der Waals surface area contributed by atoms with Gasteiger partial charge in [0.15, 0.2) is 6.04 Å².